The number of aromatic amines is 1. The van der Waals surface area contributed by atoms with Crippen molar-refractivity contribution < 1.29 is 0 Å². The highest BCUT2D eigenvalue weighted by Gasteiger charge is 2.37. The molecule has 5 heteroatoms. The molecule has 0 radical (unpaired) electrons. The summed E-state index contributed by atoms with van der Waals surface area (Å²) in [6, 6.07) is 0. The first-order valence-electron chi connectivity index (χ1n) is 5.34. The summed E-state index contributed by atoms with van der Waals surface area (Å²) >= 11 is 0. The molecule has 5 nitrogen and oxygen atoms in total. The van der Waals surface area contributed by atoms with E-state index in [2.05, 4.69) is 20.2 Å². The topological polar surface area (TPSA) is 61.0 Å². The van der Waals surface area contributed by atoms with Gasteiger partial charge in [-0.25, -0.2) is 4.98 Å². The zero-order valence-electron chi connectivity index (χ0n) is 8.44. The minimum absolute atomic E-state index is 0.0783. The molecule has 2 N–H and O–H groups in total. The van der Waals surface area contributed by atoms with E-state index in [9.17, 15) is 4.79 Å². The summed E-state index contributed by atoms with van der Waals surface area (Å²) in [4.78, 5) is 20.5. The first-order chi connectivity index (χ1) is 7.34. The second-order valence-electron chi connectivity index (χ2n) is 4.33. The molecule has 2 atom stereocenters. The molecule has 0 aliphatic carbocycles. The van der Waals surface area contributed by atoms with E-state index in [1.165, 1.54) is 0 Å². The molecule has 0 amide bonds. The molecule has 2 aliphatic heterocycles. The maximum absolute atomic E-state index is 11.6. The Morgan fingerprint density at radius 3 is 2.73 bits per heavy atom. The third kappa shape index (κ3) is 1.43. The van der Waals surface area contributed by atoms with Crippen LogP contribution in [0.25, 0.3) is 0 Å². The number of rotatable bonds is 1. The molecule has 0 bridgehead atoms. The lowest BCUT2D eigenvalue weighted by atomic mass is 10.0. The molecule has 1 aromatic heterocycles. The van der Waals surface area contributed by atoms with Crippen LogP contribution in [0.15, 0.2) is 17.2 Å². The van der Waals surface area contributed by atoms with Gasteiger partial charge in [0.2, 0.25) is 0 Å². The summed E-state index contributed by atoms with van der Waals surface area (Å²) in [5.74, 6) is 1.95. The summed E-state index contributed by atoms with van der Waals surface area (Å²) in [6.45, 7) is 4.06. The fourth-order valence-electron chi connectivity index (χ4n) is 2.60. The number of hydrogen-bond acceptors (Lipinski definition) is 4. The van der Waals surface area contributed by atoms with Crippen LogP contribution < -0.4 is 15.8 Å². The van der Waals surface area contributed by atoms with Gasteiger partial charge in [0, 0.05) is 38.6 Å². The molecular formula is C10H14N4O. The molecule has 80 valence electrons. The van der Waals surface area contributed by atoms with Gasteiger partial charge in [0.05, 0.1) is 0 Å². The number of nitrogens with zero attached hydrogens (tertiary/aromatic N) is 2. The summed E-state index contributed by atoms with van der Waals surface area (Å²) in [6.07, 6.45) is 3.22. The van der Waals surface area contributed by atoms with E-state index in [1.807, 2.05) is 0 Å². The predicted octanol–water partition coefficient (Wildman–Crippen LogP) is -0.575. The highest BCUT2D eigenvalue weighted by atomic mass is 16.1. The van der Waals surface area contributed by atoms with Gasteiger partial charge in [-0.3, -0.25) is 4.79 Å². The summed E-state index contributed by atoms with van der Waals surface area (Å²) in [7, 11) is 0. The van der Waals surface area contributed by atoms with Crippen LogP contribution in [0.3, 0.4) is 0 Å². The van der Waals surface area contributed by atoms with Crippen LogP contribution in [0.5, 0.6) is 0 Å². The predicted molar refractivity (Wildman–Crippen MR) is 56.9 cm³/mol. The quantitative estimate of drug-likeness (QED) is 0.645. The van der Waals surface area contributed by atoms with Crippen LogP contribution in [-0.4, -0.2) is 36.1 Å². The number of H-pyrrole nitrogens is 1. The molecule has 15 heavy (non-hydrogen) atoms. The summed E-state index contributed by atoms with van der Waals surface area (Å²) < 4.78 is 0. The van der Waals surface area contributed by atoms with Crippen molar-refractivity contribution in [3.05, 3.63) is 22.7 Å². The Kier molecular flexibility index (Phi) is 1.98. The lowest BCUT2D eigenvalue weighted by Crippen LogP contribution is -2.30. The monoisotopic (exact) mass is 206 g/mol. The number of nitrogens with one attached hydrogen (secondary N) is 2. The Balaban J connectivity index is 1.86. The van der Waals surface area contributed by atoms with E-state index in [1.54, 1.807) is 12.4 Å². The second-order valence-corrected chi connectivity index (χ2v) is 4.33. The van der Waals surface area contributed by atoms with Crippen LogP contribution in [-0.2, 0) is 0 Å². The smallest absolute Gasteiger partial charge is 0.290 e. The van der Waals surface area contributed by atoms with Crippen molar-refractivity contribution >= 4 is 5.82 Å². The van der Waals surface area contributed by atoms with Gasteiger partial charge in [-0.1, -0.05) is 0 Å². The first-order valence-corrected chi connectivity index (χ1v) is 5.34. The molecule has 0 spiro atoms. The highest BCUT2D eigenvalue weighted by molar-refractivity contribution is 5.37. The summed E-state index contributed by atoms with van der Waals surface area (Å²) in [5, 5.41) is 3.38. The van der Waals surface area contributed by atoms with Gasteiger partial charge < -0.3 is 15.2 Å². The lowest BCUT2D eigenvalue weighted by Gasteiger charge is -2.16. The van der Waals surface area contributed by atoms with Gasteiger partial charge in [-0.2, -0.15) is 0 Å². The van der Waals surface area contributed by atoms with Gasteiger partial charge >= 0.3 is 0 Å². The SMILES string of the molecule is O=c1[nH]ccnc1N1CC2CNCC2C1. The Bertz CT molecular complexity index is 404. The maximum atomic E-state index is 11.6. The minimum Gasteiger partial charge on any atom is -0.351 e. The largest absolute Gasteiger partial charge is 0.351 e. The number of aromatic nitrogens is 2. The van der Waals surface area contributed by atoms with Crippen LogP contribution >= 0.6 is 0 Å². The van der Waals surface area contributed by atoms with Crippen LogP contribution in [0.2, 0.25) is 0 Å². The molecule has 0 saturated carbocycles. The van der Waals surface area contributed by atoms with Crippen molar-refractivity contribution in [2.24, 2.45) is 11.8 Å². The standard InChI is InChI=1S/C10H14N4O/c15-10-9(12-1-2-13-10)14-5-7-3-11-4-8(7)6-14/h1-2,7-8,11H,3-6H2,(H,13,15). The van der Waals surface area contributed by atoms with E-state index in [-0.39, 0.29) is 5.56 Å². The van der Waals surface area contributed by atoms with E-state index in [0.717, 1.165) is 26.2 Å². The first kappa shape index (κ1) is 8.91. The van der Waals surface area contributed by atoms with Crippen LogP contribution in [0.4, 0.5) is 5.82 Å². The van der Waals surface area contributed by atoms with E-state index in [0.29, 0.717) is 17.7 Å². The van der Waals surface area contributed by atoms with Crippen LogP contribution in [0.1, 0.15) is 0 Å². The van der Waals surface area contributed by atoms with Crippen molar-refractivity contribution in [3.63, 3.8) is 0 Å². The summed E-state index contributed by atoms with van der Waals surface area (Å²) in [5.41, 5.74) is -0.0783. The van der Waals surface area contributed by atoms with E-state index in [4.69, 9.17) is 0 Å². The highest BCUT2D eigenvalue weighted by Crippen LogP contribution is 2.27. The fraction of sp³-hybridized carbons (Fsp3) is 0.600. The van der Waals surface area contributed by atoms with Gasteiger partial charge in [-0.15, -0.1) is 0 Å². The van der Waals surface area contributed by atoms with Crippen molar-refractivity contribution in [2.45, 2.75) is 0 Å². The molecule has 2 unspecified atom stereocenters. The van der Waals surface area contributed by atoms with Gasteiger partial charge in [0.1, 0.15) is 0 Å². The normalized spacial score (nSPS) is 29.5. The van der Waals surface area contributed by atoms with Gasteiger partial charge in [0.15, 0.2) is 5.82 Å². The fourth-order valence-corrected chi connectivity index (χ4v) is 2.60. The Morgan fingerprint density at radius 2 is 2.07 bits per heavy atom. The molecule has 2 aliphatic rings. The van der Waals surface area contributed by atoms with Gasteiger partial charge in [0.25, 0.3) is 5.56 Å². The molecule has 1 aromatic rings. The third-order valence-corrected chi connectivity index (χ3v) is 3.38. The number of hydrogen-bond donors (Lipinski definition) is 2. The Labute approximate surface area is 87.5 Å². The maximum Gasteiger partial charge on any atom is 0.290 e. The van der Waals surface area contributed by atoms with Crippen LogP contribution in [0, 0.1) is 11.8 Å². The zero-order chi connectivity index (χ0) is 10.3. The zero-order valence-corrected chi connectivity index (χ0v) is 8.44. The molecule has 2 saturated heterocycles. The van der Waals surface area contributed by atoms with Crippen molar-refractivity contribution in [1.29, 1.82) is 0 Å². The van der Waals surface area contributed by atoms with Gasteiger partial charge in [-0.05, 0) is 11.8 Å². The van der Waals surface area contributed by atoms with Crippen molar-refractivity contribution in [1.82, 2.24) is 15.3 Å². The molecule has 2 fully saturated rings. The number of anilines is 1. The molecule has 0 aromatic carbocycles. The molecule has 3 rings (SSSR count). The van der Waals surface area contributed by atoms with E-state index < -0.39 is 0 Å². The average Bonchev–Trinajstić information content (AvgIpc) is 2.77. The molecular weight excluding hydrogens is 192 g/mol. The minimum atomic E-state index is -0.0783. The Morgan fingerprint density at radius 1 is 1.33 bits per heavy atom. The van der Waals surface area contributed by atoms with Crippen molar-refractivity contribution in [3.8, 4) is 0 Å². The van der Waals surface area contributed by atoms with Crippen molar-refractivity contribution in [2.75, 3.05) is 31.1 Å². The second kappa shape index (κ2) is 3.34. The van der Waals surface area contributed by atoms with E-state index >= 15 is 0 Å². The Hall–Kier alpha value is -1.36. The average molecular weight is 206 g/mol. The lowest BCUT2D eigenvalue weighted by molar-refractivity contribution is 0.533. The third-order valence-electron chi connectivity index (χ3n) is 3.38. The number of fused-ring (bicyclic) bond motifs is 1. The molecule has 3 heterocycles.